The van der Waals surface area contributed by atoms with E-state index >= 15 is 0 Å². The number of hydrogen-bond donors (Lipinski definition) is 2. The van der Waals surface area contributed by atoms with Crippen molar-refractivity contribution in [2.75, 3.05) is 11.5 Å². The van der Waals surface area contributed by atoms with Crippen molar-refractivity contribution in [1.29, 1.82) is 0 Å². The second-order valence-electron chi connectivity index (χ2n) is 2.28. The lowest BCUT2D eigenvalue weighted by atomic mass is 10.3. The summed E-state index contributed by atoms with van der Waals surface area (Å²) < 4.78 is 0.651. The van der Waals surface area contributed by atoms with Gasteiger partial charge in [-0.2, -0.15) is 0 Å². The SMILES string of the molecule is CCSc1cc(N)c(O)c(Br)c1. The van der Waals surface area contributed by atoms with E-state index in [2.05, 4.69) is 22.9 Å². The lowest BCUT2D eigenvalue weighted by molar-refractivity contribution is 0.474. The smallest absolute Gasteiger partial charge is 0.152 e. The van der Waals surface area contributed by atoms with Gasteiger partial charge in [-0.1, -0.05) is 6.92 Å². The molecule has 0 saturated carbocycles. The number of rotatable bonds is 2. The molecule has 0 radical (unpaired) electrons. The molecule has 66 valence electrons. The summed E-state index contributed by atoms with van der Waals surface area (Å²) in [4.78, 5) is 1.07. The Hall–Kier alpha value is -0.350. The Labute approximate surface area is 84.3 Å². The van der Waals surface area contributed by atoms with Gasteiger partial charge in [0.15, 0.2) is 5.75 Å². The van der Waals surface area contributed by atoms with E-state index in [-0.39, 0.29) is 5.75 Å². The third-order valence-electron chi connectivity index (χ3n) is 1.38. The van der Waals surface area contributed by atoms with E-state index in [4.69, 9.17) is 5.73 Å². The van der Waals surface area contributed by atoms with Gasteiger partial charge < -0.3 is 10.8 Å². The molecule has 12 heavy (non-hydrogen) atoms. The summed E-state index contributed by atoms with van der Waals surface area (Å²) >= 11 is 4.91. The molecule has 4 heteroatoms. The van der Waals surface area contributed by atoms with Gasteiger partial charge in [-0.15, -0.1) is 11.8 Å². The summed E-state index contributed by atoms with van der Waals surface area (Å²) in [5.41, 5.74) is 5.98. The third-order valence-corrected chi connectivity index (χ3v) is 2.84. The number of aromatic hydroxyl groups is 1. The number of benzene rings is 1. The fraction of sp³-hybridized carbons (Fsp3) is 0.250. The van der Waals surface area contributed by atoms with Crippen LogP contribution in [-0.4, -0.2) is 10.9 Å². The minimum atomic E-state index is 0.121. The van der Waals surface area contributed by atoms with Crippen LogP contribution in [0.3, 0.4) is 0 Å². The standard InChI is InChI=1S/C8H10BrNOS/c1-2-12-5-3-6(9)8(11)7(10)4-5/h3-4,11H,2,10H2,1H3. The van der Waals surface area contributed by atoms with Crippen LogP contribution in [0.4, 0.5) is 5.69 Å². The van der Waals surface area contributed by atoms with Gasteiger partial charge in [0.1, 0.15) is 0 Å². The molecule has 1 aromatic rings. The molecule has 3 N–H and O–H groups in total. The van der Waals surface area contributed by atoms with Crippen molar-refractivity contribution in [3.05, 3.63) is 16.6 Å². The Morgan fingerprint density at radius 1 is 1.58 bits per heavy atom. The molecule has 0 spiro atoms. The van der Waals surface area contributed by atoms with Gasteiger partial charge in [0.05, 0.1) is 10.2 Å². The van der Waals surface area contributed by atoms with Gasteiger partial charge in [-0.05, 0) is 33.8 Å². The zero-order valence-electron chi connectivity index (χ0n) is 6.67. The summed E-state index contributed by atoms with van der Waals surface area (Å²) in [5.74, 6) is 1.12. The van der Waals surface area contributed by atoms with Gasteiger partial charge >= 0.3 is 0 Å². The predicted octanol–water partition coefficient (Wildman–Crippen LogP) is 2.85. The van der Waals surface area contributed by atoms with Crippen molar-refractivity contribution in [1.82, 2.24) is 0 Å². The van der Waals surface area contributed by atoms with Crippen LogP contribution in [0.2, 0.25) is 0 Å². The number of thioether (sulfide) groups is 1. The van der Waals surface area contributed by atoms with Crippen LogP contribution in [0.25, 0.3) is 0 Å². The van der Waals surface area contributed by atoms with Gasteiger partial charge in [0, 0.05) is 4.90 Å². The molecule has 0 saturated heterocycles. The van der Waals surface area contributed by atoms with Crippen LogP contribution in [0, 0.1) is 0 Å². The minimum Gasteiger partial charge on any atom is -0.505 e. The average Bonchev–Trinajstić information content (AvgIpc) is 2.01. The Morgan fingerprint density at radius 2 is 2.25 bits per heavy atom. The Bertz CT molecular complexity index is 267. The summed E-state index contributed by atoms with van der Waals surface area (Å²) in [6.07, 6.45) is 0. The maximum Gasteiger partial charge on any atom is 0.152 e. The fourth-order valence-electron chi connectivity index (χ4n) is 0.844. The van der Waals surface area contributed by atoms with Crippen LogP contribution in [0.15, 0.2) is 21.5 Å². The second-order valence-corrected chi connectivity index (χ2v) is 4.47. The molecule has 0 amide bonds. The van der Waals surface area contributed by atoms with Gasteiger partial charge in [0.25, 0.3) is 0 Å². The number of phenolic OH excluding ortho intramolecular Hbond substituents is 1. The number of anilines is 1. The van der Waals surface area contributed by atoms with E-state index in [9.17, 15) is 5.11 Å². The molecule has 0 aliphatic heterocycles. The lowest BCUT2D eigenvalue weighted by Gasteiger charge is -2.04. The summed E-state index contributed by atoms with van der Waals surface area (Å²) in [7, 11) is 0. The lowest BCUT2D eigenvalue weighted by Crippen LogP contribution is -1.87. The molecule has 0 unspecified atom stereocenters. The molecule has 0 aromatic heterocycles. The topological polar surface area (TPSA) is 46.2 Å². The Morgan fingerprint density at radius 3 is 2.75 bits per heavy atom. The summed E-state index contributed by atoms with van der Waals surface area (Å²) in [5, 5.41) is 9.32. The zero-order valence-corrected chi connectivity index (χ0v) is 9.08. The largest absolute Gasteiger partial charge is 0.505 e. The Balaban J connectivity index is 3.04. The molecule has 1 rings (SSSR count). The van der Waals surface area contributed by atoms with Crippen LogP contribution < -0.4 is 5.73 Å². The highest BCUT2D eigenvalue weighted by Gasteiger charge is 2.04. The monoisotopic (exact) mass is 247 g/mol. The molecule has 0 bridgehead atoms. The summed E-state index contributed by atoms with van der Waals surface area (Å²) in [6, 6.07) is 3.63. The fourth-order valence-corrected chi connectivity index (χ4v) is 2.22. The van der Waals surface area contributed by atoms with Gasteiger partial charge in [-0.3, -0.25) is 0 Å². The van der Waals surface area contributed by atoms with Crippen LogP contribution in [0.5, 0.6) is 5.75 Å². The minimum absolute atomic E-state index is 0.121. The van der Waals surface area contributed by atoms with E-state index in [1.165, 1.54) is 0 Å². The highest BCUT2D eigenvalue weighted by atomic mass is 79.9. The first-order valence-corrected chi connectivity index (χ1v) is 5.33. The normalized spacial score (nSPS) is 10.2. The first-order valence-electron chi connectivity index (χ1n) is 3.56. The summed E-state index contributed by atoms with van der Waals surface area (Å²) in [6.45, 7) is 2.07. The highest BCUT2D eigenvalue weighted by Crippen LogP contribution is 2.34. The second kappa shape index (κ2) is 4.05. The van der Waals surface area contributed by atoms with E-state index < -0.39 is 0 Å². The molecule has 0 heterocycles. The van der Waals surface area contributed by atoms with Crippen molar-refractivity contribution in [2.24, 2.45) is 0 Å². The van der Waals surface area contributed by atoms with Crippen molar-refractivity contribution >= 4 is 33.4 Å². The maximum atomic E-state index is 9.32. The van der Waals surface area contributed by atoms with Gasteiger partial charge in [-0.25, -0.2) is 0 Å². The number of nitrogen functional groups attached to an aromatic ring is 1. The first-order chi connectivity index (χ1) is 5.65. The number of halogens is 1. The zero-order chi connectivity index (χ0) is 9.14. The average molecular weight is 248 g/mol. The molecule has 0 aliphatic rings. The van der Waals surface area contributed by atoms with Crippen molar-refractivity contribution < 1.29 is 5.11 Å². The maximum absolute atomic E-state index is 9.32. The van der Waals surface area contributed by atoms with Crippen molar-refractivity contribution in [2.45, 2.75) is 11.8 Å². The first kappa shape index (κ1) is 9.74. The highest BCUT2D eigenvalue weighted by molar-refractivity contribution is 9.10. The molecular weight excluding hydrogens is 238 g/mol. The molecule has 0 atom stereocenters. The van der Waals surface area contributed by atoms with Crippen LogP contribution >= 0.6 is 27.7 Å². The van der Waals surface area contributed by atoms with E-state index in [1.54, 1.807) is 17.8 Å². The number of phenols is 1. The van der Waals surface area contributed by atoms with Crippen LogP contribution in [0.1, 0.15) is 6.92 Å². The molecule has 1 aromatic carbocycles. The number of nitrogens with two attached hydrogens (primary N) is 1. The van der Waals surface area contributed by atoms with E-state index in [0.29, 0.717) is 10.2 Å². The van der Waals surface area contributed by atoms with Crippen molar-refractivity contribution in [3.63, 3.8) is 0 Å². The molecule has 0 fully saturated rings. The van der Waals surface area contributed by atoms with Gasteiger partial charge in [0.2, 0.25) is 0 Å². The molecular formula is C8H10BrNOS. The quantitative estimate of drug-likeness (QED) is 0.480. The third kappa shape index (κ3) is 2.08. The van der Waals surface area contributed by atoms with E-state index in [1.807, 2.05) is 6.07 Å². The Kier molecular flexibility index (Phi) is 3.29. The number of hydrogen-bond acceptors (Lipinski definition) is 3. The molecule has 2 nitrogen and oxygen atoms in total. The van der Waals surface area contributed by atoms with Crippen molar-refractivity contribution in [3.8, 4) is 5.75 Å². The predicted molar refractivity (Wildman–Crippen MR) is 56.6 cm³/mol. The van der Waals surface area contributed by atoms with Crippen LogP contribution in [-0.2, 0) is 0 Å². The molecule has 0 aliphatic carbocycles. The van der Waals surface area contributed by atoms with E-state index in [0.717, 1.165) is 10.6 Å².